The summed E-state index contributed by atoms with van der Waals surface area (Å²) in [4.78, 5) is 130. The summed E-state index contributed by atoms with van der Waals surface area (Å²) in [7, 11) is 1.75. The van der Waals surface area contributed by atoms with Crippen LogP contribution in [0, 0.1) is 0 Å². The second-order valence-electron chi connectivity index (χ2n) is 13.7. The average Bonchev–Trinajstić information content (AvgIpc) is 3.17. The Balaban J connectivity index is 1.45. The number of nitrogens with two attached hydrogens (primary N) is 1. The lowest BCUT2D eigenvalue weighted by atomic mass is 10.1. The molecule has 3 rings (SSSR count). The van der Waals surface area contributed by atoms with Gasteiger partial charge in [-0.3, -0.25) is 44.0 Å². The van der Waals surface area contributed by atoms with Gasteiger partial charge in [-0.2, -0.15) is 4.99 Å². The number of amides is 5. The van der Waals surface area contributed by atoms with E-state index in [0.717, 1.165) is 0 Å². The summed E-state index contributed by atoms with van der Waals surface area (Å²) in [6.07, 6.45) is -4.20. The fraction of sp³-hybridized carbons (Fsp3) is 0.486. The molecule has 0 spiro atoms. The molecule has 2 heterocycles. The van der Waals surface area contributed by atoms with Gasteiger partial charge in [-0.15, -0.1) is 0 Å². The van der Waals surface area contributed by atoms with E-state index in [0.29, 0.717) is 24.6 Å². The predicted molar refractivity (Wildman–Crippen MR) is 204 cm³/mol. The Hall–Kier alpha value is -7.18. The molecule has 6 atom stereocenters. The number of rotatable bonds is 24. The number of likely N-dealkylation sites (N-methyl/N-ethyl adjacent to an activating group) is 1. The molecule has 0 saturated carbocycles. The second-order valence-corrected chi connectivity index (χ2v) is 13.7. The van der Waals surface area contributed by atoms with Crippen LogP contribution >= 0.6 is 0 Å². The summed E-state index contributed by atoms with van der Waals surface area (Å²) in [5.74, 6) is -11.1. The number of hydrogen-bond acceptors (Lipinski definition) is 15. The largest absolute Gasteiger partial charge is 0.481 e. The molecule has 326 valence electrons. The van der Waals surface area contributed by atoms with Gasteiger partial charge in [0.2, 0.25) is 23.7 Å². The van der Waals surface area contributed by atoms with Crippen LogP contribution < -0.4 is 37.6 Å². The smallest absolute Gasteiger partial charge is 0.326 e. The Bertz CT molecular complexity index is 1900. The summed E-state index contributed by atoms with van der Waals surface area (Å²) in [6.45, 7) is 0.706. The third-order valence-corrected chi connectivity index (χ3v) is 9.25. The Morgan fingerprint density at radius 3 is 1.58 bits per heavy atom. The molecule has 13 N–H and O–H groups in total. The molecule has 0 fully saturated rings. The maximum Gasteiger partial charge on any atom is 0.326 e. The molecule has 2 unspecified atom stereocenters. The number of fused-ring (bicyclic) bond motifs is 1. The van der Waals surface area contributed by atoms with Crippen molar-refractivity contribution in [3.05, 3.63) is 29.8 Å². The molecule has 0 bridgehead atoms. The van der Waals surface area contributed by atoms with E-state index in [1.54, 1.807) is 19.2 Å². The van der Waals surface area contributed by atoms with Gasteiger partial charge in [0.1, 0.15) is 24.2 Å². The summed E-state index contributed by atoms with van der Waals surface area (Å²) >= 11 is 0. The highest BCUT2D eigenvalue weighted by molar-refractivity contribution is 6.19. The van der Waals surface area contributed by atoms with Gasteiger partial charge >= 0.3 is 29.8 Å². The quantitative estimate of drug-likeness (QED) is 0.0485. The van der Waals surface area contributed by atoms with Crippen molar-refractivity contribution in [1.82, 2.24) is 31.5 Å². The summed E-state index contributed by atoms with van der Waals surface area (Å²) in [5, 5.41) is 60.9. The number of aliphatic carboxylic acids is 5. The van der Waals surface area contributed by atoms with E-state index in [4.69, 9.17) is 15.9 Å². The van der Waals surface area contributed by atoms with E-state index >= 15 is 0 Å². The van der Waals surface area contributed by atoms with Crippen LogP contribution in [0.15, 0.2) is 34.3 Å². The third-order valence-electron chi connectivity index (χ3n) is 9.25. The SMILES string of the molecule is CN1C(CNc2ccc(C(=O)N[C@@H](CCC(=O)N[C@@H](CCC(=O)N[C@@H](CCC(=O)N[C@@H](CCC(=O)O)C(=O)O)C(=O)O)C(=O)O)C(=O)O)cc2)CN=C2N=C(N)NC(=O)C21. The molecule has 0 radical (unpaired) electrons. The monoisotopic (exact) mass is 846 g/mol. The highest BCUT2D eigenvalue weighted by Crippen LogP contribution is 2.17. The van der Waals surface area contributed by atoms with E-state index in [2.05, 4.69) is 41.9 Å². The number of amidine groups is 1. The molecular weight excluding hydrogens is 800 g/mol. The number of carbonyl (C=O) groups excluding carboxylic acids is 5. The number of anilines is 1. The zero-order valence-electron chi connectivity index (χ0n) is 32.1. The highest BCUT2D eigenvalue weighted by atomic mass is 16.4. The van der Waals surface area contributed by atoms with Gasteiger partial charge in [-0.25, -0.2) is 19.2 Å². The first-order valence-electron chi connectivity index (χ1n) is 18.3. The minimum Gasteiger partial charge on any atom is -0.481 e. The molecular formula is C35H46N10O15. The van der Waals surface area contributed by atoms with Crippen LogP contribution in [-0.4, -0.2) is 158 Å². The predicted octanol–water partition coefficient (Wildman–Crippen LogP) is -3.28. The number of guanidine groups is 1. The van der Waals surface area contributed by atoms with E-state index < -0.39 is 135 Å². The first kappa shape index (κ1) is 47.2. The van der Waals surface area contributed by atoms with Gasteiger partial charge in [0.25, 0.3) is 11.8 Å². The Kier molecular flexibility index (Phi) is 17.4. The molecule has 2 aliphatic heterocycles. The first-order chi connectivity index (χ1) is 28.2. The van der Waals surface area contributed by atoms with Crippen molar-refractivity contribution < 1.29 is 73.5 Å². The fourth-order valence-corrected chi connectivity index (χ4v) is 5.90. The molecule has 0 aromatic heterocycles. The van der Waals surface area contributed by atoms with Crippen LogP contribution in [0.3, 0.4) is 0 Å². The van der Waals surface area contributed by atoms with Gasteiger partial charge in [-0.1, -0.05) is 0 Å². The Labute approximate surface area is 340 Å². The van der Waals surface area contributed by atoms with Crippen molar-refractivity contribution in [2.75, 3.05) is 25.5 Å². The number of nitrogens with zero attached hydrogens (tertiary/aromatic N) is 3. The molecule has 60 heavy (non-hydrogen) atoms. The maximum atomic E-state index is 12.9. The van der Waals surface area contributed by atoms with Gasteiger partial charge in [0.15, 0.2) is 11.9 Å². The standard InChI is InChI=1S/C35H46N10O15/c1-45-18(15-38-28-27(45)30(52)44-35(36)43-28)14-37-17-4-2-16(3-5-17)29(51)42-22(34(59)60)8-12-25(48)40-20(32(55)56)6-10-23(46)39-19(31(53)54)7-11-24(47)41-21(33(57)58)9-13-26(49)50/h2-5,18-22,27,37H,6-15H2,1H3,(H,39,46)(H,40,48)(H,41,47)(H,42,51)(H,49,50)(H,53,54)(H,55,56)(H,57,58)(H,59,60)(H3,36,38,43,44,52)/t18?,19-,20-,21-,22-,27?/m0/s1. The summed E-state index contributed by atoms with van der Waals surface area (Å²) in [6, 6.07) is -1.30. The zero-order chi connectivity index (χ0) is 44.7. The van der Waals surface area contributed by atoms with Crippen LogP contribution in [0.25, 0.3) is 0 Å². The molecule has 25 nitrogen and oxygen atoms in total. The van der Waals surface area contributed by atoms with Crippen LogP contribution in [0.5, 0.6) is 0 Å². The lowest BCUT2D eigenvalue weighted by Crippen LogP contribution is -2.62. The van der Waals surface area contributed by atoms with E-state index in [1.165, 1.54) is 12.1 Å². The number of hydrogen-bond donors (Lipinski definition) is 12. The molecule has 25 heteroatoms. The second kappa shape index (κ2) is 22.1. The van der Waals surface area contributed by atoms with Gasteiger partial charge in [-0.05, 0) is 57.0 Å². The molecule has 1 aromatic carbocycles. The van der Waals surface area contributed by atoms with Crippen molar-refractivity contribution in [3.8, 4) is 0 Å². The Morgan fingerprint density at radius 1 is 0.717 bits per heavy atom. The maximum absolute atomic E-state index is 12.9. The van der Waals surface area contributed by atoms with E-state index in [1.807, 2.05) is 4.90 Å². The minimum atomic E-state index is -1.66. The van der Waals surface area contributed by atoms with Crippen LogP contribution in [0.1, 0.15) is 61.7 Å². The van der Waals surface area contributed by atoms with E-state index in [-0.39, 0.29) is 23.5 Å². The molecule has 0 aliphatic carbocycles. The number of carboxylic acids is 5. The van der Waals surface area contributed by atoms with Crippen LogP contribution in [0.4, 0.5) is 5.69 Å². The van der Waals surface area contributed by atoms with Gasteiger partial charge in [0.05, 0.1) is 6.54 Å². The fourth-order valence-electron chi connectivity index (χ4n) is 5.90. The van der Waals surface area contributed by atoms with Crippen molar-refractivity contribution in [1.29, 1.82) is 0 Å². The topological polar surface area (TPSA) is 398 Å². The van der Waals surface area contributed by atoms with E-state index in [9.17, 15) is 63.3 Å². The Morgan fingerprint density at radius 2 is 1.15 bits per heavy atom. The lowest BCUT2D eigenvalue weighted by molar-refractivity contribution is -0.144. The average molecular weight is 847 g/mol. The van der Waals surface area contributed by atoms with Crippen molar-refractivity contribution in [2.24, 2.45) is 15.7 Å². The molecule has 1 aromatic rings. The lowest BCUT2D eigenvalue weighted by Gasteiger charge is -2.38. The van der Waals surface area contributed by atoms with Crippen molar-refractivity contribution in [2.45, 2.75) is 87.6 Å². The first-order valence-corrected chi connectivity index (χ1v) is 18.3. The number of benzene rings is 1. The normalized spacial score (nSPS) is 18.0. The highest BCUT2D eigenvalue weighted by Gasteiger charge is 2.39. The van der Waals surface area contributed by atoms with Gasteiger partial charge in [0, 0.05) is 49.5 Å². The van der Waals surface area contributed by atoms with Crippen LogP contribution in [-0.2, 0) is 43.2 Å². The molecule has 2 aliphatic rings. The number of carbonyl (C=O) groups is 10. The van der Waals surface area contributed by atoms with Crippen molar-refractivity contribution in [3.63, 3.8) is 0 Å². The molecule has 5 amide bonds. The number of aliphatic imine (C=N–C) groups is 2. The third kappa shape index (κ3) is 14.6. The summed E-state index contributed by atoms with van der Waals surface area (Å²) < 4.78 is 0. The zero-order valence-corrected chi connectivity index (χ0v) is 32.1. The van der Waals surface area contributed by atoms with Gasteiger partial charge < -0.3 is 57.9 Å². The number of nitrogens with one attached hydrogen (secondary N) is 6. The number of carboxylic acid groups (broad SMARTS) is 5. The van der Waals surface area contributed by atoms with Crippen LogP contribution in [0.2, 0.25) is 0 Å². The van der Waals surface area contributed by atoms with Crippen molar-refractivity contribution >= 4 is 76.9 Å². The summed E-state index contributed by atoms with van der Waals surface area (Å²) in [5.41, 5.74) is 6.30. The molecule has 0 saturated heterocycles. The minimum absolute atomic E-state index is 0.0277.